The fourth-order valence-corrected chi connectivity index (χ4v) is 3.88. The summed E-state index contributed by atoms with van der Waals surface area (Å²) in [5.41, 5.74) is 0. The second-order valence-electron chi connectivity index (χ2n) is 5.08. The summed E-state index contributed by atoms with van der Waals surface area (Å²) in [5.74, 6) is -0.183. The van der Waals surface area contributed by atoms with Gasteiger partial charge < -0.3 is 15.3 Å². The molecule has 1 amide bonds. The molecule has 4 unspecified atom stereocenters. The summed E-state index contributed by atoms with van der Waals surface area (Å²) >= 11 is 1.53. The summed E-state index contributed by atoms with van der Waals surface area (Å²) in [6.45, 7) is 4.80. The van der Waals surface area contributed by atoms with Crippen LogP contribution in [0.1, 0.15) is 26.7 Å². The summed E-state index contributed by atoms with van der Waals surface area (Å²) in [6, 6.07) is -0.893. The van der Waals surface area contributed by atoms with Crippen molar-refractivity contribution >= 4 is 23.6 Å². The van der Waals surface area contributed by atoms with Crippen molar-refractivity contribution in [1.29, 1.82) is 0 Å². The minimum absolute atomic E-state index is 0.0467. The number of nitrogens with zero attached hydrogens (tertiary/aromatic N) is 1. The number of amides is 1. The molecule has 2 rings (SSSR count). The number of carboxylic acids is 1. The van der Waals surface area contributed by atoms with Gasteiger partial charge in [0.25, 0.3) is 0 Å². The Kier molecular flexibility index (Phi) is 4.17. The van der Waals surface area contributed by atoms with Gasteiger partial charge >= 0.3 is 5.97 Å². The highest BCUT2D eigenvalue weighted by molar-refractivity contribution is 8.00. The number of hydrogen-bond donors (Lipinski definition) is 2. The Hall–Kier alpha value is -0.750. The van der Waals surface area contributed by atoms with Gasteiger partial charge in [-0.25, -0.2) is 4.79 Å². The van der Waals surface area contributed by atoms with Crippen LogP contribution in [0.3, 0.4) is 0 Å². The van der Waals surface area contributed by atoms with E-state index in [-0.39, 0.29) is 23.2 Å². The minimum Gasteiger partial charge on any atom is -0.480 e. The first-order valence-corrected chi connectivity index (χ1v) is 7.47. The van der Waals surface area contributed by atoms with Gasteiger partial charge in [-0.3, -0.25) is 4.79 Å². The first-order valence-electron chi connectivity index (χ1n) is 6.42. The Bertz CT molecular complexity index is 350. The van der Waals surface area contributed by atoms with Crippen molar-refractivity contribution < 1.29 is 14.7 Å². The van der Waals surface area contributed by atoms with Gasteiger partial charge in [-0.05, 0) is 32.2 Å². The van der Waals surface area contributed by atoms with Gasteiger partial charge in [0, 0.05) is 5.75 Å². The zero-order chi connectivity index (χ0) is 13.3. The van der Waals surface area contributed by atoms with E-state index >= 15 is 0 Å². The fraction of sp³-hybridized carbons (Fsp3) is 0.833. The molecule has 0 bridgehead atoms. The molecule has 0 aromatic rings. The third-order valence-electron chi connectivity index (χ3n) is 3.80. The lowest BCUT2D eigenvalue weighted by molar-refractivity contribution is -0.150. The van der Waals surface area contributed by atoms with Crippen molar-refractivity contribution in [2.75, 3.05) is 12.3 Å². The molecule has 2 N–H and O–H groups in total. The third kappa shape index (κ3) is 2.49. The minimum atomic E-state index is -0.899. The second-order valence-corrected chi connectivity index (χ2v) is 6.43. The van der Waals surface area contributed by atoms with E-state index < -0.39 is 12.0 Å². The number of piperidine rings is 1. The SMILES string of the molecule is CC1CCCNC1C(=O)N1C(C)SCC1C(=O)O. The quantitative estimate of drug-likeness (QED) is 0.776. The summed E-state index contributed by atoms with van der Waals surface area (Å²) in [4.78, 5) is 25.3. The molecule has 2 saturated heterocycles. The summed E-state index contributed by atoms with van der Waals surface area (Å²) in [7, 11) is 0. The average Bonchev–Trinajstić information content (AvgIpc) is 2.71. The molecule has 6 heteroatoms. The van der Waals surface area contributed by atoms with Gasteiger partial charge in [0.1, 0.15) is 6.04 Å². The first kappa shape index (κ1) is 13.7. The van der Waals surface area contributed by atoms with Crippen molar-refractivity contribution in [1.82, 2.24) is 10.2 Å². The first-order chi connectivity index (χ1) is 8.52. The van der Waals surface area contributed by atoms with E-state index in [2.05, 4.69) is 12.2 Å². The molecule has 2 heterocycles. The van der Waals surface area contributed by atoms with Gasteiger partial charge in [0.2, 0.25) is 5.91 Å². The molecule has 0 aromatic carbocycles. The normalized spacial score (nSPS) is 36.7. The highest BCUT2D eigenvalue weighted by Crippen LogP contribution is 2.31. The predicted molar refractivity (Wildman–Crippen MR) is 70.4 cm³/mol. The molecule has 0 spiro atoms. The van der Waals surface area contributed by atoms with Crippen molar-refractivity contribution in [3.63, 3.8) is 0 Å². The lowest BCUT2D eigenvalue weighted by atomic mass is 9.91. The van der Waals surface area contributed by atoms with E-state index in [0.29, 0.717) is 5.75 Å². The highest BCUT2D eigenvalue weighted by Gasteiger charge is 2.43. The van der Waals surface area contributed by atoms with Crippen LogP contribution in [0, 0.1) is 5.92 Å². The van der Waals surface area contributed by atoms with Crippen molar-refractivity contribution in [2.24, 2.45) is 5.92 Å². The van der Waals surface area contributed by atoms with Crippen LogP contribution in [0.2, 0.25) is 0 Å². The highest BCUT2D eigenvalue weighted by atomic mass is 32.2. The average molecular weight is 272 g/mol. The molecular weight excluding hydrogens is 252 g/mol. The number of aliphatic carboxylic acids is 1. The molecule has 0 aliphatic carbocycles. The molecule has 5 nitrogen and oxygen atoms in total. The zero-order valence-corrected chi connectivity index (χ0v) is 11.6. The van der Waals surface area contributed by atoms with Crippen molar-refractivity contribution in [3.8, 4) is 0 Å². The number of rotatable bonds is 2. The standard InChI is InChI=1S/C12H20N2O3S/c1-7-4-3-5-13-10(7)11(15)14-8(2)18-6-9(14)12(16)17/h7-10,13H,3-6H2,1-2H3,(H,16,17). The van der Waals surface area contributed by atoms with E-state index in [0.717, 1.165) is 19.4 Å². The molecule has 4 atom stereocenters. The van der Waals surface area contributed by atoms with Crippen LogP contribution >= 0.6 is 11.8 Å². The van der Waals surface area contributed by atoms with Crippen LogP contribution in [0.5, 0.6) is 0 Å². The number of carboxylic acid groups (broad SMARTS) is 1. The Labute approximate surface area is 111 Å². The Morgan fingerprint density at radius 3 is 2.72 bits per heavy atom. The smallest absolute Gasteiger partial charge is 0.327 e. The van der Waals surface area contributed by atoms with E-state index in [1.54, 1.807) is 4.90 Å². The second kappa shape index (κ2) is 5.48. The number of carbonyl (C=O) groups is 2. The monoisotopic (exact) mass is 272 g/mol. The molecule has 0 aromatic heterocycles. The topological polar surface area (TPSA) is 69.6 Å². The van der Waals surface area contributed by atoms with Gasteiger partial charge in [0.05, 0.1) is 11.4 Å². The Morgan fingerprint density at radius 2 is 2.11 bits per heavy atom. The van der Waals surface area contributed by atoms with Crippen molar-refractivity contribution in [3.05, 3.63) is 0 Å². The number of nitrogens with one attached hydrogen (secondary N) is 1. The van der Waals surface area contributed by atoms with Crippen LogP contribution in [0.25, 0.3) is 0 Å². The molecule has 2 aliphatic heterocycles. The number of hydrogen-bond acceptors (Lipinski definition) is 4. The van der Waals surface area contributed by atoms with Crippen LogP contribution in [0.4, 0.5) is 0 Å². The lowest BCUT2D eigenvalue weighted by Crippen LogP contribution is -2.56. The van der Waals surface area contributed by atoms with E-state index in [9.17, 15) is 14.7 Å². The predicted octanol–water partition coefficient (Wildman–Crippen LogP) is 0.749. The molecule has 0 saturated carbocycles. The van der Waals surface area contributed by atoms with Crippen molar-refractivity contribution in [2.45, 2.75) is 44.1 Å². The summed E-state index contributed by atoms with van der Waals surface area (Å²) in [6.07, 6.45) is 2.11. The fourth-order valence-electron chi connectivity index (χ4n) is 2.71. The van der Waals surface area contributed by atoms with E-state index in [4.69, 9.17) is 0 Å². The van der Waals surface area contributed by atoms with E-state index in [1.807, 2.05) is 6.92 Å². The molecule has 18 heavy (non-hydrogen) atoms. The maximum absolute atomic E-state index is 12.5. The largest absolute Gasteiger partial charge is 0.480 e. The van der Waals surface area contributed by atoms with Gasteiger partial charge in [-0.15, -0.1) is 11.8 Å². The van der Waals surface area contributed by atoms with Crippen LogP contribution in [0.15, 0.2) is 0 Å². The maximum Gasteiger partial charge on any atom is 0.327 e. The summed E-state index contributed by atoms with van der Waals surface area (Å²) < 4.78 is 0. The zero-order valence-electron chi connectivity index (χ0n) is 10.8. The Balaban J connectivity index is 2.13. The molecule has 2 aliphatic rings. The molecule has 102 valence electrons. The van der Waals surface area contributed by atoms with Crippen LogP contribution < -0.4 is 5.32 Å². The number of thioether (sulfide) groups is 1. The molecule has 2 fully saturated rings. The van der Waals surface area contributed by atoms with Crippen LogP contribution in [-0.2, 0) is 9.59 Å². The van der Waals surface area contributed by atoms with Gasteiger partial charge in [0.15, 0.2) is 0 Å². The molecular formula is C12H20N2O3S. The van der Waals surface area contributed by atoms with Gasteiger partial charge in [-0.1, -0.05) is 6.92 Å². The van der Waals surface area contributed by atoms with Gasteiger partial charge in [-0.2, -0.15) is 0 Å². The molecule has 0 radical (unpaired) electrons. The Morgan fingerprint density at radius 1 is 1.39 bits per heavy atom. The van der Waals surface area contributed by atoms with E-state index in [1.165, 1.54) is 11.8 Å². The third-order valence-corrected chi connectivity index (χ3v) is 5.02. The maximum atomic E-state index is 12.5. The lowest BCUT2D eigenvalue weighted by Gasteiger charge is -2.35. The number of carbonyl (C=O) groups excluding carboxylic acids is 1. The van der Waals surface area contributed by atoms with Crippen LogP contribution in [-0.4, -0.2) is 51.6 Å². The summed E-state index contributed by atoms with van der Waals surface area (Å²) in [5, 5.41) is 12.4.